The Balaban J connectivity index is 1.42. The number of rotatable bonds is 28. The van der Waals surface area contributed by atoms with E-state index in [1.165, 1.54) is 162 Å². The van der Waals surface area contributed by atoms with E-state index in [1.807, 2.05) is 0 Å². The van der Waals surface area contributed by atoms with E-state index in [0.717, 1.165) is 24.2 Å². The van der Waals surface area contributed by atoms with Gasteiger partial charge in [-0.05, 0) is 76.9 Å². The number of benzene rings is 4. The minimum absolute atomic E-state index is 0.401. The Hall–Kier alpha value is -3.52. The molecule has 0 saturated heterocycles. The lowest BCUT2D eigenvalue weighted by Crippen LogP contribution is -2.06. The molecule has 294 valence electrons. The smallest absolute Gasteiger partial charge is 0.0314 e. The predicted octanol–water partition coefficient (Wildman–Crippen LogP) is 15.9. The summed E-state index contributed by atoms with van der Waals surface area (Å²) < 4.78 is 0. The maximum absolute atomic E-state index is 6.11. The molecule has 2 unspecified atom stereocenters. The van der Waals surface area contributed by atoms with Crippen LogP contribution in [0.15, 0.2) is 97.1 Å². The average molecular weight is 729 g/mol. The summed E-state index contributed by atoms with van der Waals surface area (Å²) in [5.74, 6) is 1.21. The van der Waals surface area contributed by atoms with Crippen LogP contribution in [0.25, 0.3) is 0 Å². The topological polar surface area (TPSA) is 52.0 Å². The first-order valence-corrected chi connectivity index (χ1v) is 22.4. The molecule has 4 aromatic rings. The van der Waals surface area contributed by atoms with Crippen molar-refractivity contribution in [3.05, 3.63) is 130 Å². The summed E-state index contributed by atoms with van der Waals surface area (Å²) >= 11 is 0. The predicted molar refractivity (Wildman–Crippen MR) is 239 cm³/mol. The van der Waals surface area contributed by atoms with Gasteiger partial charge >= 0.3 is 0 Å². The maximum Gasteiger partial charge on any atom is 0.0314 e. The second-order valence-corrected chi connectivity index (χ2v) is 16.3. The standard InChI is InChI=1S/C52H76N2/c1-4-7-9-11-13-15-17-19-21-24-51(46-34-38-48(53)39-35-46)44-30-26-42(27-31-44)50(23-6-3)43-28-32-45(33-29-43)52(47-36-40-49(54)41-37-47)25-22-20-18-16-14-12-10-8-5-2/h26-41,50-52H,4-25,53-54H2,1-3H3. The van der Waals surface area contributed by atoms with Crippen molar-refractivity contribution >= 4 is 11.4 Å². The van der Waals surface area contributed by atoms with Crippen molar-refractivity contribution in [2.45, 2.75) is 180 Å². The van der Waals surface area contributed by atoms with Crippen molar-refractivity contribution in [2.24, 2.45) is 0 Å². The van der Waals surface area contributed by atoms with Gasteiger partial charge in [0.05, 0.1) is 0 Å². The number of nitrogen functional groups attached to an aromatic ring is 2. The summed E-state index contributed by atoms with van der Waals surface area (Å²) in [7, 11) is 0. The molecular weight excluding hydrogens is 653 g/mol. The van der Waals surface area contributed by atoms with Crippen LogP contribution in [-0.2, 0) is 0 Å². The number of hydrogen-bond donors (Lipinski definition) is 2. The van der Waals surface area contributed by atoms with Gasteiger partial charge in [-0.3, -0.25) is 0 Å². The minimum atomic E-state index is 0.401. The van der Waals surface area contributed by atoms with E-state index >= 15 is 0 Å². The van der Waals surface area contributed by atoms with Gasteiger partial charge in [0.1, 0.15) is 0 Å². The normalized spacial score (nSPS) is 13.2. The van der Waals surface area contributed by atoms with E-state index in [4.69, 9.17) is 11.5 Å². The first kappa shape index (κ1) is 43.2. The molecule has 0 aromatic heterocycles. The van der Waals surface area contributed by atoms with Crippen molar-refractivity contribution in [2.75, 3.05) is 11.5 Å². The Kier molecular flexibility index (Phi) is 20.4. The molecule has 2 nitrogen and oxygen atoms in total. The minimum Gasteiger partial charge on any atom is -0.399 e. The zero-order chi connectivity index (χ0) is 38.2. The Labute approximate surface area is 332 Å². The highest BCUT2D eigenvalue weighted by Crippen LogP contribution is 2.36. The van der Waals surface area contributed by atoms with E-state index in [0.29, 0.717) is 17.8 Å². The molecule has 0 heterocycles. The van der Waals surface area contributed by atoms with Crippen molar-refractivity contribution < 1.29 is 0 Å². The molecule has 0 amide bonds. The SMILES string of the molecule is CCCCCCCCCCCC(c1ccc(N)cc1)c1ccc(C(CCC)c2ccc(C(CCCCCCCCCCC)c3ccc(N)cc3)cc2)cc1. The second kappa shape index (κ2) is 25.5. The largest absolute Gasteiger partial charge is 0.399 e. The summed E-state index contributed by atoms with van der Waals surface area (Å²) in [4.78, 5) is 0. The Morgan fingerprint density at radius 2 is 0.500 bits per heavy atom. The number of hydrogen-bond acceptors (Lipinski definition) is 2. The highest BCUT2D eigenvalue weighted by atomic mass is 14.5. The summed E-state index contributed by atoms with van der Waals surface area (Å²) in [5.41, 5.74) is 22.4. The molecule has 54 heavy (non-hydrogen) atoms. The van der Waals surface area contributed by atoms with Crippen LogP contribution >= 0.6 is 0 Å². The molecule has 0 spiro atoms. The zero-order valence-corrected chi connectivity index (χ0v) is 34.7. The third-order valence-electron chi connectivity index (χ3n) is 11.9. The lowest BCUT2D eigenvalue weighted by atomic mass is 9.82. The van der Waals surface area contributed by atoms with E-state index in [2.05, 4.69) is 118 Å². The first-order valence-electron chi connectivity index (χ1n) is 22.4. The quantitative estimate of drug-likeness (QED) is 0.0452. The lowest BCUT2D eigenvalue weighted by molar-refractivity contribution is 0.545. The van der Waals surface area contributed by atoms with Gasteiger partial charge in [-0.25, -0.2) is 0 Å². The molecule has 0 fully saturated rings. The summed E-state index contributed by atoms with van der Waals surface area (Å²) in [5, 5.41) is 0. The van der Waals surface area contributed by atoms with Crippen LogP contribution in [0, 0.1) is 0 Å². The Bertz CT molecular complexity index is 1390. The molecule has 4 N–H and O–H groups in total. The van der Waals surface area contributed by atoms with E-state index in [9.17, 15) is 0 Å². The fraction of sp³-hybridized carbons (Fsp3) is 0.538. The maximum atomic E-state index is 6.11. The van der Waals surface area contributed by atoms with Crippen molar-refractivity contribution in [1.82, 2.24) is 0 Å². The van der Waals surface area contributed by atoms with Crippen molar-refractivity contribution in [1.29, 1.82) is 0 Å². The highest BCUT2D eigenvalue weighted by molar-refractivity contribution is 5.45. The Morgan fingerprint density at radius 3 is 0.759 bits per heavy atom. The summed E-state index contributed by atoms with van der Waals surface area (Å²) in [6.07, 6.45) is 29.2. The number of nitrogens with two attached hydrogens (primary N) is 2. The van der Waals surface area contributed by atoms with E-state index in [1.54, 1.807) is 0 Å². The van der Waals surface area contributed by atoms with Gasteiger partial charge in [-0.1, -0.05) is 216 Å². The molecule has 0 bridgehead atoms. The monoisotopic (exact) mass is 729 g/mol. The van der Waals surface area contributed by atoms with Crippen LogP contribution in [0.3, 0.4) is 0 Å². The van der Waals surface area contributed by atoms with Gasteiger partial charge in [-0.2, -0.15) is 0 Å². The van der Waals surface area contributed by atoms with Gasteiger partial charge < -0.3 is 11.5 Å². The van der Waals surface area contributed by atoms with Crippen LogP contribution in [0.5, 0.6) is 0 Å². The third kappa shape index (κ3) is 15.0. The van der Waals surface area contributed by atoms with Crippen molar-refractivity contribution in [3.63, 3.8) is 0 Å². The van der Waals surface area contributed by atoms with Crippen LogP contribution in [0.4, 0.5) is 11.4 Å². The molecule has 0 aliphatic carbocycles. The first-order chi connectivity index (χ1) is 26.5. The van der Waals surface area contributed by atoms with Gasteiger partial charge in [0.2, 0.25) is 0 Å². The van der Waals surface area contributed by atoms with Crippen LogP contribution in [0.1, 0.15) is 213 Å². The lowest BCUT2D eigenvalue weighted by Gasteiger charge is -2.23. The van der Waals surface area contributed by atoms with Gasteiger partial charge in [-0.15, -0.1) is 0 Å². The van der Waals surface area contributed by atoms with Crippen LogP contribution in [0.2, 0.25) is 0 Å². The van der Waals surface area contributed by atoms with Crippen LogP contribution < -0.4 is 11.5 Å². The summed E-state index contributed by atoms with van der Waals surface area (Å²) in [6.45, 7) is 6.91. The molecule has 0 aliphatic rings. The third-order valence-corrected chi connectivity index (χ3v) is 11.9. The van der Waals surface area contributed by atoms with Gasteiger partial charge in [0.25, 0.3) is 0 Å². The Morgan fingerprint density at radius 1 is 0.278 bits per heavy atom. The van der Waals surface area contributed by atoms with Crippen molar-refractivity contribution in [3.8, 4) is 0 Å². The second-order valence-electron chi connectivity index (χ2n) is 16.3. The fourth-order valence-electron chi connectivity index (χ4n) is 8.56. The molecular formula is C52H76N2. The number of unbranched alkanes of at least 4 members (excludes halogenated alkanes) is 16. The van der Waals surface area contributed by atoms with Gasteiger partial charge in [0, 0.05) is 29.1 Å². The molecule has 2 atom stereocenters. The van der Waals surface area contributed by atoms with Gasteiger partial charge in [0.15, 0.2) is 0 Å². The molecule has 0 aliphatic heterocycles. The summed E-state index contributed by atoms with van der Waals surface area (Å²) in [6, 6.07) is 36.6. The van der Waals surface area contributed by atoms with Crippen LogP contribution in [-0.4, -0.2) is 0 Å². The molecule has 4 aromatic carbocycles. The van der Waals surface area contributed by atoms with E-state index < -0.39 is 0 Å². The highest BCUT2D eigenvalue weighted by Gasteiger charge is 2.19. The average Bonchev–Trinajstić information content (AvgIpc) is 3.20. The fourth-order valence-corrected chi connectivity index (χ4v) is 8.56. The molecule has 2 heteroatoms. The molecule has 4 rings (SSSR count). The molecule has 0 radical (unpaired) electrons. The molecule has 0 saturated carbocycles. The zero-order valence-electron chi connectivity index (χ0n) is 34.7. The van der Waals surface area contributed by atoms with E-state index in [-0.39, 0.29) is 0 Å². The number of anilines is 2.